The lowest BCUT2D eigenvalue weighted by molar-refractivity contribution is 0.238. The molecule has 2 aliphatic rings. The molecule has 21 heavy (non-hydrogen) atoms. The molecule has 0 atom stereocenters. The summed E-state index contributed by atoms with van der Waals surface area (Å²) in [5.74, 6) is 2.06. The molecule has 0 amide bonds. The van der Waals surface area contributed by atoms with Crippen molar-refractivity contribution in [2.45, 2.75) is 52.6 Å². The van der Waals surface area contributed by atoms with E-state index in [1.807, 2.05) is 0 Å². The standard InChI is InChI=1S/C17H26N4/c1-11(2)13-5-6-14(12(3)4)16-10-21(9-15(13)16)20-17-18-7-8-19-17/h5-6,11-12H,7-10H2,1-4H3,(H2,18,19,20). The van der Waals surface area contributed by atoms with Crippen molar-refractivity contribution in [2.75, 3.05) is 13.1 Å². The summed E-state index contributed by atoms with van der Waals surface area (Å²) in [6.07, 6.45) is 0. The van der Waals surface area contributed by atoms with Gasteiger partial charge < -0.3 is 5.32 Å². The van der Waals surface area contributed by atoms with Crippen LogP contribution in [-0.4, -0.2) is 24.1 Å². The Morgan fingerprint density at radius 2 is 1.62 bits per heavy atom. The Bertz CT molecular complexity index is 523. The number of hydrogen-bond acceptors (Lipinski definition) is 4. The van der Waals surface area contributed by atoms with Crippen LogP contribution in [0.5, 0.6) is 0 Å². The largest absolute Gasteiger partial charge is 0.353 e. The molecule has 0 bridgehead atoms. The van der Waals surface area contributed by atoms with Crippen molar-refractivity contribution in [2.24, 2.45) is 4.99 Å². The fraction of sp³-hybridized carbons (Fsp3) is 0.588. The van der Waals surface area contributed by atoms with Crippen LogP contribution in [-0.2, 0) is 13.1 Å². The second kappa shape index (κ2) is 5.68. The molecule has 0 saturated carbocycles. The summed E-state index contributed by atoms with van der Waals surface area (Å²) in [6.45, 7) is 12.9. The molecule has 0 aromatic heterocycles. The zero-order valence-corrected chi connectivity index (χ0v) is 13.5. The lowest BCUT2D eigenvalue weighted by atomic mass is 9.88. The molecule has 114 valence electrons. The van der Waals surface area contributed by atoms with Crippen LogP contribution in [0.2, 0.25) is 0 Å². The molecule has 4 nitrogen and oxygen atoms in total. The van der Waals surface area contributed by atoms with Crippen molar-refractivity contribution >= 4 is 5.96 Å². The third-order valence-electron chi connectivity index (χ3n) is 4.38. The maximum atomic E-state index is 4.43. The van der Waals surface area contributed by atoms with Crippen molar-refractivity contribution in [3.63, 3.8) is 0 Å². The van der Waals surface area contributed by atoms with E-state index in [0.717, 1.165) is 32.1 Å². The summed E-state index contributed by atoms with van der Waals surface area (Å²) in [4.78, 5) is 4.43. The van der Waals surface area contributed by atoms with Gasteiger partial charge in [-0.05, 0) is 34.1 Å². The zero-order valence-electron chi connectivity index (χ0n) is 13.5. The van der Waals surface area contributed by atoms with Gasteiger partial charge in [0.05, 0.1) is 6.54 Å². The highest BCUT2D eigenvalue weighted by atomic mass is 15.6. The highest BCUT2D eigenvalue weighted by molar-refractivity contribution is 5.80. The molecule has 4 heteroatoms. The summed E-state index contributed by atoms with van der Waals surface area (Å²) in [5.41, 5.74) is 9.43. The monoisotopic (exact) mass is 286 g/mol. The predicted octanol–water partition coefficient (Wildman–Crippen LogP) is 2.71. The summed E-state index contributed by atoms with van der Waals surface area (Å²) in [7, 11) is 0. The first kappa shape index (κ1) is 14.4. The van der Waals surface area contributed by atoms with Crippen molar-refractivity contribution in [1.82, 2.24) is 15.8 Å². The maximum Gasteiger partial charge on any atom is 0.206 e. The third-order valence-corrected chi connectivity index (χ3v) is 4.38. The molecule has 0 fully saturated rings. The van der Waals surface area contributed by atoms with Gasteiger partial charge in [0.15, 0.2) is 0 Å². The SMILES string of the molecule is CC(C)c1ccc(C(C)C)c2c1CN(NC1=NCCN1)C2. The second-order valence-corrected chi connectivity index (χ2v) is 6.64. The molecular weight excluding hydrogens is 260 g/mol. The number of hydrogen-bond donors (Lipinski definition) is 2. The van der Waals surface area contributed by atoms with Crippen LogP contribution in [0, 0.1) is 0 Å². The Morgan fingerprint density at radius 1 is 1.05 bits per heavy atom. The molecular formula is C17H26N4. The van der Waals surface area contributed by atoms with Crippen LogP contribution in [0.4, 0.5) is 0 Å². The Balaban J connectivity index is 1.88. The Kier molecular flexibility index (Phi) is 3.89. The third kappa shape index (κ3) is 2.77. The van der Waals surface area contributed by atoms with Crippen LogP contribution in [0.25, 0.3) is 0 Å². The van der Waals surface area contributed by atoms with E-state index >= 15 is 0 Å². The molecule has 1 aromatic carbocycles. The molecule has 2 N–H and O–H groups in total. The maximum absolute atomic E-state index is 4.43. The van der Waals surface area contributed by atoms with Crippen LogP contribution >= 0.6 is 0 Å². The van der Waals surface area contributed by atoms with E-state index in [0.29, 0.717) is 11.8 Å². The van der Waals surface area contributed by atoms with Crippen molar-refractivity contribution in [3.8, 4) is 0 Å². The molecule has 2 heterocycles. The van der Waals surface area contributed by atoms with Gasteiger partial charge in [0.1, 0.15) is 0 Å². The van der Waals surface area contributed by atoms with Gasteiger partial charge in [-0.2, -0.15) is 0 Å². The smallest absolute Gasteiger partial charge is 0.206 e. The van der Waals surface area contributed by atoms with Crippen molar-refractivity contribution in [3.05, 3.63) is 34.4 Å². The molecule has 0 aliphatic carbocycles. The number of nitrogens with one attached hydrogen (secondary N) is 2. The van der Waals surface area contributed by atoms with Gasteiger partial charge >= 0.3 is 0 Å². The highest BCUT2D eigenvalue weighted by Gasteiger charge is 2.27. The predicted molar refractivity (Wildman–Crippen MR) is 87.3 cm³/mol. The van der Waals surface area contributed by atoms with Crippen LogP contribution in [0.1, 0.15) is 61.8 Å². The summed E-state index contributed by atoms with van der Waals surface area (Å²) >= 11 is 0. The second-order valence-electron chi connectivity index (χ2n) is 6.64. The van der Waals surface area contributed by atoms with E-state index < -0.39 is 0 Å². The fourth-order valence-electron chi connectivity index (χ4n) is 3.32. The average Bonchev–Trinajstić information content (AvgIpc) is 3.06. The van der Waals surface area contributed by atoms with Crippen molar-refractivity contribution in [1.29, 1.82) is 0 Å². The minimum absolute atomic E-state index is 0.571. The first-order valence-corrected chi connectivity index (χ1v) is 8.00. The molecule has 0 saturated heterocycles. The van der Waals surface area contributed by atoms with E-state index in [4.69, 9.17) is 0 Å². The molecule has 0 radical (unpaired) electrons. The summed E-state index contributed by atoms with van der Waals surface area (Å²) in [5, 5.41) is 5.56. The van der Waals surface area contributed by atoms with E-state index in [2.05, 4.69) is 60.6 Å². The normalized spacial score (nSPS) is 18.1. The molecule has 2 aliphatic heterocycles. The van der Waals surface area contributed by atoms with Gasteiger partial charge in [-0.3, -0.25) is 10.4 Å². The lowest BCUT2D eigenvalue weighted by Crippen LogP contribution is -2.43. The first-order valence-electron chi connectivity index (χ1n) is 8.00. The Morgan fingerprint density at radius 3 is 2.05 bits per heavy atom. The summed E-state index contributed by atoms with van der Waals surface area (Å²) in [6, 6.07) is 4.65. The first-order chi connectivity index (χ1) is 10.1. The molecule has 1 aromatic rings. The lowest BCUT2D eigenvalue weighted by Gasteiger charge is -2.18. The number of rotatable bonds is 3. The highest BCUT2D eigenvalue weighted by Crippen LogP contribution is 2.34. The topological polar surface area (TPSA) is 39.7 Å². The minimum atomic E-state index is 0.571. The van der Waals surface area contributed by atoms with E-state index in [1.54, 1.807) is 0 Å². The van der Waals surface area contributed by atoms with Gasteiger partial charge in [-0.1, -0.05) is 39.8 Å². The number of nitrogens with zero attached hydrogens (tertiary/aromatic N) is 2. The Hall–Kier alpha value is -1.55. The van der Waals surface area contributed by atoms with E-state index in [1.165, 1.54) is 22.3 Å². The van der Waals surface area contributed by atoms with Gasteiger partial charge in [0.25, 0.3) is 0 Å². The Labute approximate surface area is 127 Å². The van der Waals surface area contributed by atoms with Crippen molar-refractivity contribution < 1.29 is 0 Å². The minimum Gasteiger partial charge on any atom is -0.353 e. The quantitative estimate of drug-likeness (QED) is 0.897. The summed E-state index contributed by atoms with van der Waals surface area (Å²) < 4.78 is 0. The van der Waals surface area contributed by atoms with Crippen LogP contribution in [0.3, 0.4) is 0 Å². The van der Waals surface area contributed by atoms with Crippen LogP contribution in [0.15, 0.2) is 17.1 Å². The van der Waals surface area contributed by atoms with Gasteiger partial charge in [0, 0.05) is 19.6 Å². The number of hydrazine groups is 1. The zero-order chi connectivity index (χ0) is 15.0. The number of guanidine groups is 1. The molecule has 0 spiro atoms. The number of fused-ring (bicyclic) bond motifs is 1. The number of aliphatic imine (C=N–C) groups is 1. The molecule has 0 unspecified atom stereocenters. The van der Waals surface area contributed by atoms with Gasteiger partial charge in [0.2, 0.25) is 5.96 Å². The van der Waals surface area contributed by atoms with E-state index in [9.17, 15) is 0 Å². The fourth-order valence-corrected chi connectivity index (χ4v) is 3.32. The average molecular weight is 286 g/mol. The van der Waals surface area contributed by atoms with E-state index in [-0.39, 0.29) is 0 Å². The van der Waals surface area contributed by atoms with Gasteiger partial charge in [-0.25, -0.2) is 5.01 Å². The molecule has 3 rings (SSSR count). The number of benzene rings is 1. The van der Waals surface area contributed by atoms with Gasteiger partial charge in [-0.15, -0.1) is 0 Å². The van der Waals surface area contributed by atoms with Crippen LogP contribution < -0.4 is 10.7 Å².